The van der Waals surface area contributed by atoms with Crippen molar-refractivity contribution in [3.05, 3.63) is 35.6 Å². The van der Waals surface area contributed by atoms with Crippen LogP contribution in [0.3, 0.4) is 0 Å². The van der Waals surface area contributed by atoms with Gasteiger partial charge in [-0.05, 0) is 12.5 Å². The predicted molar refractivity (Wildman–Crippen MR) is 43.6 cm³/mol. The Balaban J connectivity index is 2.93. The molecule has 0 aromatic heterocycles. The molecule has 11 heavy (non-hydrogen) atoms. The Hall–Kier alpha value is -0.890. The van der Waals surface area contributed by atoms with Crippen LogP contribution in [0.25, 0.3) is 0 Å². The first kappa shape index (κ1) is 8.21. The molecule has 0 fully saturated rings. The lowest BCUT2D eigenvalue weighted by Gasteiger charge is -2.08. The Labute approximate surface area is 66.0 Å². The quantitative estimate of drug-likeness (QED) is 0.692. The highest BCUT2D eigenvalue weighted by atomic mass is 19.1. The number of hydrogen-bond donors (Lipinski definition) is 1. The predicted octanol–water partition coefficient (Wildman–Crippen LogP) is 2.24. The van der Waals surface area contributed by atoms with Gasteiger partial charge in [-0.25, -0.2) is 4.39 Å². The van der Waals surface area contributed by atoms with Crippen LogP contribution in [-0.2, 0) is 0 Å². The number of halogens is 1. The third-order valence-corrected chi connectivity index (χ3v) is 1.74. The minimum absolute atomic E-state index is 0.170. The first-order chi connectivity index (χ1) is 5.25. The average molecular weight is 153 g/mol. The molecule has 0 aliphatic carbocycles. The van der Waals surface area contributed by atoms with Crippen LogP contribution in [0, 0.1) is 5.82 Å². The van der Waals surface area contributed by atoms with Crippen molar-refractivity contribution in [2.24, 2.45) is 5.73 Å². The van der Waals surface area contributed by atoms with Gasteiger partial charge in [0.2, 0.25) is 0 Å². The minimum Gasteiger partial charge on any atom is -0.324 e. The molecule has 0 spiro atoms. The van der Waals surface area contributed by atoms with Gasteiger partial charge in [0.05, 0.1) is 0 Å². The summed E-state index contributed by atoms with van der Waals surface area (Å²) in [6.07, 6.45) is 0.765. The molecule has 1 rings (SSSR count). The third kappa shape index (κ3) is 1.77. The molecule has 0 bridgehead atoms. The molecule has 1 nitrogen and oxygen atoms in total. The Morgan fingerprint density at radius 1 is 1.45 bits per heavy atom. The smallest absolute Gasteiger partial charge is 0.127 e. The van der Waals surface area contributed by atoms with Gasteiger partial charge < -0.3 is 5.73 Å². The standard InChI is InChI=1S/C9H12FN/c1-2-9(11)7-5-3-4-6-8(7)10/h3-6,9H,2,11H2,1H3. The third-order valence-electron chi connectivity index (χ3n) is 1.74. The second-order valence-electron chi connectivity index (χ2n) is 2.54. The molecule has 0 heterocycles. The topological polar surface area (TPSA) is 26.0 Å². The van der Waals surface area contributed by atoms with E-state index >= 15 is 0 Å². The first-order valence-electron chi connectivity index (χ1n) is 3.75. The molecule has 1 aromatic carbocycles. The minimum atomic E-state index is -0.207. The van der Waals surface area contributed by atoms with E-state index in [4.69, 9.17) is 5.73 Å². The summed E-state index contributed by atoms with van der Waals surface area (Å²) in [5.74, 6) is -0.207. The van der Waals surface area contributed by atoms with Gasteiger partial charge in [-0.3, -0.25) is 0 Å². The summed E-state index contributed by atoms with van der Waals surface area (Å²) in [4.78, 5) is 0. The fourth-order valence-corrected chi connectivity index (χ4v) is 0.996. The molecule has 0 radical (unpaired) electrons. The maximum atomic E-state index is 12.9. The van der Waals surface area contributed by atoms with E-state index in [1.165, 1.54) is 6.07 Å². The zero-order valence-electron chi connectivity index (χ0n) is 6.55. The SMILES string of the molecule is CCC(N)c1ccccc1F. The van der Waals surface area contributed by atoms with Gasteiger partial charge in [0.1, 0.15) is 5.82 Å². The number of nitrogens with two attached hydrogens (primary N) is 1. The van der Waals surface area contributed by atoms with Crippen molar-refractivity contribution >= 4 is 0 Å². The maximum Gasteiger partial charge on any atom is 0.127 e. The van der Waals surface area contributed by atoms with Crippen LogP contribution >= 0.6 is 0 Å². The summed E-state index contributed by atoms with van der Waals surface area (Å²) in [5.41, 5.74) is 6.26. The molecule has 0 aliphatic heterocycles. The van der Waals surface area contributed by atoms with Crippen LogP contribution in [0.2, 0.25) is 0 Å². The second kappa shape index (κ2) is 3.49. The molecule has 1 unspecified atom stereocenters. The van der Waals surface area contributed by atoms with Gasteiger partial charge in [-0.15, -0.1) is 0 Å². The normalized spacial score (nSPS) is 13.0. The van der Waals surface area contributed by atoms with Crippen molar-refractivity contribution in [3.8, 4) is 0 Å². The zero-order valence-corrected chi connectivity index (χ0v) is 6.55. The highest BCUT2D eigenvalue weighted by Gasteiger charge is 2.06. The summed E-state index contributed by atoms with van der Waals surface area (Å²) in [7, 11) is 0. The van der Waals surface area contributed by atoms with Gasteiger partial charge in [-0.2, -0.15) is 0 Å². The van der Waals surface area contributed by atoms with Crippen LogP contribution in [0.4, 0.5) is 4.39 Å². The van der Waals surface area contributed by atoms with E-state index in [0.29, 0.717) is 5.56 Å². The first-order valence-corrected chi connectivity index (χ1v) is 3.75. The van der Waals surface area contributed by atoms with Crippen molar-refractivity contribution in [2.45, 2.75) is 19.4 Å². The second-order valence-corrected chi connectivity index (χ2v) is 2.54. The lowest BCUT2D eigenvalue weighted by Crippen LogP contribution is -2.10. The highest BCUT2D eigenvalue weighted by molar-refractivity contribution is 5.20. The van der Waals surface area contributed by atoms with Crippen molar-refractivity contribution in [1.29, 1.82) is 0 Å². The van der Waals surface area contributed by atoms with E-state index in [-0.39, 0.29) is 11.9 Å². The van der Waals surface area contributed by atoms with E-state index in [1.54, 1.807) is 18.2 Å². The van der Waals surface area contributed by atoms with Crippen molar-refractivity contribution in [1.82, 2.24) is 0 Å². The zero-order chi connectivity index (χ0) is 8.27. The largest absolute Gasteiger partial charge is 0.324 e. The fraction of sp³-hybridized carbons (Fsp3) is 0.333. The van der Waals surface area contributed by atoms with Crippen LogP contribution < -0.4 is 5.73 Å². The Morgan fingerprint density at radius 2 is 2.09 bits per heavy atom. The number of benzene rings is 1. The summed E-state index contributed by atoms with van der Waals surface area (Å²) < 4.78 is 12.9. The van der Waals surface area contributed by atoms with E-state index in [0.717, 1.165) is 6.42 Å². The van der Waals surface area contributed by atoms with E-state index < -0.39 is 0 Å². The van der Waals surface area contributed by atoms with E-state index in [1.807, 2.05) is 6.92 Å². The molecule has 1 atom stereocenters. The fourth-order valence-electron chi connectivity index (χ4n) is 0.996. The Kier molecular flexibility index (Phi) is 2.60. The van der Waals surface area contributed by atoms with Crippen LogP contribution in [0.15, 0.2) is 24.3 Å². The van der Waals surface area contributed by atoms with E-state index in [9.17, 15) is 4.39 Å². The van der Waals surface area contributed by atoms with Crippen molar-refractivity contribution in [3.63, 3.8) is 0 Å². The molecule has 0 saturated heterocycles. The van der Waals surface area contributed by atoms with E-state index in [2.05, 4.69) is 0 Å². The van der Waals surface area contributed by atoms with Crippen LogP contribution in [0.1, 0.15) is 24.9 Å². The Bertz CT molecular complexity index is 235. The highest BCUT2D eigenvalue weighted by Crippen LogP contribution is 2.16. The van der Waals surface area contributed by atoms with Crippen LogP contribution in [0.5, 0.6) is 0 Å². The van der Waals surface area contributed by atoms with Crippen molar-refractivity contribution < 1.29 is 4.39 Å². The maximum absolute atomic E-state index is 12.9. The van der Waals surface area contributed by atoms with Gasteiger partial charge >= 0.3 is 0 Å². The molecular formula is C9H12FN. The number of hydrogen-bond acceptors (Lipinski definition) is 1. The van der Waals surface area contributed by atoms with Gasteiger partial charge in [0, 0.05) is 11.6 Å². The Morgan fingerprint density at radius 3 is 2.64 bits per heavy atom. The molecule has 0 saturated carbocycles. The van der Waals surface area contributed by atoms with Gasteiger partial charge in [0.15, 0.2) is 0 Å². The molecule has 1 aromatic rings. The summed E-state index contributed by atoms with van der Waals surface area (Å²) >= 11 is 0. The summed E-state index contributed by atoms with van der Waals surface area (Å²) in [6.45, 7) is 1.94. The monoisotopic (exact) mass is 153 g/mol. The molecule has 2 heteroatoms. The van der Waals surface area contributed by atoms with Gasteiger partial charge in [-0.1, -0.05) is 25.1 Å². The molecular weight excluding hydrogens is 141 g/mol. The lowest BCUT2D eigenvalue weighted by molar-refractivity contribution is 0.575. The molecule has 60 valence electrons. The molecule has 2 N–H and O–H groups in total. The summed E-state index contributed by atoms with van der Waals surface area (Å²) in [6, 6.07) is 6.46. The van der Waals surface area contributed by atoms with Crippen LogP contribution in [-0.4, -0.2) is 0 Å². The lowest BCUT2D eigenvalue weighted by atomic mass is 10.1. The number of rotatable bonds is 2. The van der Waals surface area contributed by atoms with Crippen molar-refractivity contribution in [2.75, 3.05) is 0 Å². The summed E-state index contributed by atoms with van der Waals surface area (Å²) in [5, 5.41) is 0. The molecule has 0 aliphatic rings. The average Bonchev–Trinajstić information content (AvgIpc) is 2.04. The van der Waals surface area contributed by atoms with Gasteiger partial charge in [0.25, 0.3) is 0 Å². The molecule has 0 amide bonds.